The van der Waals surface area contributed by atoms with Crippen molar-refractivity contribution in [3.8, 4) is 0 Å². The number of carbonyl (C=O) groups is 3. The van der Waals surface area contributed by atoms with Crippen molar-refractivity contribution in [3.63, 3.8) is 0 Å². The summed E-state index contributed by atoms with van der Waals surface area (Å²) in [5, 5.41) is 26.0. The Kier molecular flexibility index (Phi) is 7.32. The van der Waals surface area contributed by atoms with Gasteiger partial charge in [0.1, 0.15) is 17.4 Å². The first-order valence-corrected chi connectivity index (χ1v) is 12.0. The van der Waals surface area contributed by atoms with Gasteiger partial charge in [-0.15, -0.1) is 0 Å². The van der Waals surface area contributed by atoms with Crippen LogP contribution >= 0.6 is 0 Å². The maximum Gasteiger partial charge on any atom is 0.259 e. The molecule has 2 bridgehead atoms. The van der Waals surface area contributed by atoms with Gasteiger partial charge in [-0.2, -0.15) is 0 Å². The molecule has 0 aromatic heterocycles. The number of amides is 2. The molecule has 0 spiro atoms. The summed E-state index contributed by atoms with van der Waals surface area (Å²) in [6, 6.07) is -1.05. The Bertz CT molecular complexity index is 1020. The van der Waals surface area contributed by atoms with E-state index in [0.29, 0.717) is 30.1 Å². The van der Waals surface area contributed by atoms with Crippen molar-refractivity contribution in [2.75, 3.05) is 6.54 Å². The minimum Gasteiger partial charge on any atom is -0.509 e. The Labute approximate surface area is 199 Å². The van der Waals surface area contributed by atoms with E-state index in [2.05, 4.69) is 41.5 Å². The molecule has 7 heteroatoms. The van der Waals surface area contributed by atoms with Crippen LogP contribution < -0.4 is 10.6 Å². The van der Waals surface area contributed by atoms with Crippen LogP contribution in [-0.4, -0.2) is 46.5 Å². The lowest BCUT2D eigenvalue weighted by Crippen LogP contribution is -2.41. The van der Waals surface area contributed by atoms with Gasteiger partial charge in [-0.3, -0.25) is 14.4 Å². The third-order valence-corrected chi connectivity index (χ3v) is 7.34. The van der Waals surface area contributed by atoms with E-state index in [0.717, 1.165) is 12.8 Å². The monoisotopic (exact) mass is 464 g/mol. The molecule has 180 valence electrons. The van der Waals surface area contributed by atoms with Crippen molar-refractivity contribution in [1.82, 2.24) is 10.6 Å². The van der Waals surface area contributed by atoms with Crippen LogP contribution in [0.5, 0.6) is 0 Å². The molecule has 4 aliphatic rings. The van der Waals surface area contributed by atoms with Crippen LogP contribution in [0.15, 0.2) is 72.1 Å². The van der Waals surface area contributed by atoms with E-state index in [4.69, 9.17) is 0 Å². The molecule has 34 heavy (non-hydrogen) atoms. The largest absolute Gasteiger partial charge is 0.509 e. The molecule has 2 amide bonds. The van der Waals surface area contributed by atoms with Crippen molar-refractivity contribution in [1.29, 1.82) is 0 Å². The SMILES string of the molecule is C=C1C=C[C@@H]2[C@H]3C/C=C\C=C/C(=O)NCCC(O)C4NC(=O)C(=C4O)C(=O)CC/C=C/[C@@H]3C[C@H]12. The molecule has 0 aromatic rings. The summed E-state index contributed by atoms with van der Waals surface area (Å²) in [6.45, 7) is 4.35. The summed E-state index contributed by atoms with van der Waals surface area (Å²) in [5.41, 5.74) is 0.886. The lowest BCUT2D eigenvalue weighted by Gasteiger charge is -2.19. The fraction of sp³-hybridized carbons (Fsp3) is 0.444. The Morgan fingerprint density at radius 3 is 2.71 bits per heavy atom. The van der Waals surface area contributed by atoms with E-state index in [1.807, 2.05) is 12.2 Å². The molecular formula is C27H32N2O5. The first kappa shape index (κ1) is 24.0. The molecule has 0 aromatic carbocycles. The number of fused-ring (bicyclic) bond motifs is 4. The Morgan fingerprint density at radius 2 is 1.88 bits per heavy atom. The van der Waals surface area contributed by atoms with Crippen LogP contribution in [0.25, 0.3) is 0 Å². The molecule has 2 aliphatic heterocycles. The fourth-order valence-corrected chi connectivity index (χ4v) is 5.53. The highest BCUT2D eigenvalue weighted by molar-refractivity contribution is 6.21. The van der Waals surface area contributed by atoms with Crippen molar-refractivity contribution >= 4 is 17.6 Å². The second-order valence-electron chi connectivity index (χ2n) is 9.45. The zero-order valence-corrected chi connectivity index (χ0v) is 19.2. The lowest BCUT2D eigenvalue weighted by atomic mass is 9.85. The average molecular weight is 465 g/mol. The molecule has 4 N–H and O–H groups in total. The lowest BCUT2D eigenvalue weighted by molar-refractivity contribution is -0.122. The van der Waals surface area contributed by atoms with E-state index < -0.39 is 29.6 Å². The minimum absolute atomic E-state index is 0.101. The quantitative estimate of drug-likeness (QED) is 0.325. The zero-order valence-electron chi connectivity index (χ0n) is 19.2. The molecule has 0 saturated heterocycles. The molecule has 1 fully saturated rings. The molecule has 1 saturated carbocycles. The molecule has 2 unspecified atom stereocenters. The van der Waals surface area contributed by atoms with Gasteiger partial charge in [0.25, 0.3) is 5.91 Å². The number of Topliss-reactive ketones (excluding diaryl/α,β-unsaturated/α-hetero) is 1. The van der Waals surface area contributed by atoms with Crippen LogP contribution in [0.4, 0.5) is 0 Å². The van der Waals surface area contributed by atoms with E-state index in [9.17, 15) is 24.6 Å². The maximum atomic E-state index is 12.7. The number of carbonyl (C=O) groups excluding carboxylic acids is 3. The van der Waals surface area contributed by atoms with Crippen LogP contribution in [0.2, 0.25) is 0 Å². The number of nitrogens with one attached hydrogen (secondary N) is 2. The molecule has 4 rings (SSSR count). The third-order valence-electron chi connectivity index (χ3n) is 7.34. The number of hydrogen-bond donors (Lipinski definition) is 4. The van der Waals surface area contributed by atoms with Crippen molar-refractivity contribution in [3.05, 3.63) is 72.1 Å². The van der Waals surface area contributed by atoms with E-state index >= 15 is 0 Å². The average Bonchev–Trinajstić information content (AvgIpc) is 3.43. The molecule has 0 radical (unpaired) electrons. The summed E-state index contributed by atoms with van der Waals surface area (Å²) in [6.07, 6.45) is 17.1. The summed E-state index contributed by atoms with van der Waals surface area (Å²) < 4.78 is 0. The number of hydrogen-bond acceptors (Lipinski definition) is 5. The van der Waals surface area contributed by atoms with Crippen LogP contribution in [0.3, 0.4) is 0 Å². The van der Waals surface area contributed by atoms with Crippen molar-refractivity contribution in [2.24, 2.45) is 23.7 Å². The van der Waals surface area contributed by atoms with Gasteiger partial charge in [0, 0.05) is 19.0 Å². The third kappa shape index (κ3) is 4.99. The van der Waals surface area contributed by atoms with Gasteiger partial charge in [0.15, 0.2) is 5.78 Å². The normalized spacial score (nSPS) is 37.6. The second-order valence-corrected chi connectivity index (χ2v) is 9.45. The fourth-order valence-electron chi connectivity index (χ4n) is 5.53. The highest BCUT2D eigenvalue weighted by atomic mass is 16.3. The van der Waals surface area contributed by atoms with Gasteiger partial charge < -0.3 is 20.8 Å². The highest BCUT2D eigenvalue weighted by Crippen LogP contribution is 2.51. The van der Waals surface area contributed by atoms with E-state index in [-0.39, 0.29) is 30.9 Å². The Morgan fingerprint density at radius 1 is 1.06 bits per heavy atom. The van der Waals surface area contributed by atoms with Crippen LogP contribution in [0.1, 0.15) is 32.1 Å². The topological polar surface area (TPSA) is 116 Å². The Balaban J connectivity index is 1.53. The zero-order chi connectivity index (χ0) is 24.2. The summed E-state index contributed by atoms with van der Waals surface area (Å²) in [5.74, 6) is -0.214. The number of allylic oxidation sites excluding steroid dienone is 8. The summed E-state index contributed by atoms with van der Waals surface area (Å²) in [7, 11) is 0. The predicted octanol–water partition coefficient (Wildman–Crippen LogP) is 2.58. The number of rotatable bonds is 0. The van der Waals surface area contributed by atoms with Crippen LogP contribution in [-0.2, 0) is 14.4 Å². The van der Waals surface area contributed by atoms with E-state index in [1.54, 1.807) is 6.08 Å². The van der Waals surface area contributed by atoms with Gasteiger partial charge in [-0.1, -0.05) is 54.7 Å². The highest BCUT2D eigenvalue weighted by Gasteiger charge is 2.43. The van der Waals surface area contributed by atoms with Gasteiger partial charge >= 0.3 is 0 Å². The Hall–Kier alpha value is -3.19. The number of ketones is 1. The molecular weight excluding hydrogens is 432 g/mol. The van der Waals surface area contributed by atoms with Crippen molar-refractivity contribution in [2.45, 2.75) is 44.2 Å². The van der Waals surface area contributed by atoms with E-state index in [1.165, 1.54) is 11.6 Å². The molecule has 2 aliphatic carbocycles. The van der Waals surface area contributed by atoms with Crippen molar-refractivity contribution < 1.29 is 24.6 Å². The smallest absolute Gasteiger partial charge is 0.259 e. The maximum absolute atomic E-state index is 12.7. The predicted molar refractivity (Wildman–Crippen MR) is 128 cm³/mol. The van der Waals surface area contributed by atoms with Gasteiger partial charge in [-0.05, 0) is 49.4 Å². The van der Waals surface area contributed by atoms with Gasteiger partial charge in [0.2, 0.25) is 5.91 Å². The molecule has 2 heterocycles. The van der Waals surface area contributed by atoms with Crippen LogP contribution in [0, 0.1) is 23.7 Å². The van der Waals surface area contributed by atoms with Gasteiger partial charge in [0.05, 0.1) is 6.10 Å². The standard InChI is InChI=1S/C27H32N2O5/c1-16-11-12-19-18-8-3-2-4-10-23(32)28-14-13-22(31)25-26(33)24(27(34)29-25)21(30)9-6-5-7-17(18)15-20(16)19/h2-5,7,10-12,17-20,22,25,31,33H,1,6,8-9,13-15H2,(H,28,32)(H,29,34)/b3-2-,7-5+,10-4-/t17-,18+,19-,20-,22?,25?/m1/s1. The first-order valence-electron chi connectivity index (χ1n) is 12.0. The first-order chi connectivity index (χ1) is 16.4. The number of aliphatic hydroxyl groups excluding tert-OH is 2. The minimum atomic E-state index is -1.13. The molecule has 7 nitrogen and oxygen atoms in total. The number of aliphatic hydroxyl groups is 2. The van der Waals surface area contributed by atoms with Gasteiger partial charge in [-0.25, -0.2) is 0 Å². The summed E-state index contributed by atoms with van der Waals surface area (Å²) in [4.78, 5) is 37.0. The summed E-state index contributed by atoms with van der Waals surface area (Å²) >= 11 is 0. The second kappa shape index (κ2) is 10.4. The molecule has 6 atom stereocenters.